The third-order valence-corrected chi connectivity index (χ3v) is 2.45. The first-order valence-corrected chi connectivity index (χ1v) is 5.16. The molecule has 0 unspecified atom stereocenters. The Balaban J connectivity index is 2.49. The first-order chi connectivity index (χ1) is 7.16. The van der Waals surface area contributed by atoms with Crippen LogP contribution in [0.25, 0.3) is 11.4 Å². The molecular formula is C11H8Cl2N2. The number of rotatable bonds is 1. The van der Waals surface area contributed by atoms with E-state index in [-0.39, 0.29) is 0 Å². The molecule has 2 nitrogen and oxygen atoms in total. The number of aromatic nitrogens is 2. The van der Waals surface area contributed by atoms with Crippen LogP contribution < -0.4 is 0 Å². The van der Waals surface area contributed by atoms with E-state index in [0.717, 1.165) is 17.0 Å². The normalized spacial score (nSPS) is 10.3. The minimum atomic E-state index is 0.616. The molecule has 0 aliphatic heterocycles. The smallest absolute Gasteiger partial charge is 0.0916 e. The summed E-state index contributed by atoms with van der Waals surface area (Å²) in [6.07, 6.45) is 3.22. The molecule has 2 heterocycles. The lowest BCUT2D eigenvalue weighted by molar-refractivity contribution is 1.21. The van der Waals surface area contributed by atoms with Crippen LogP contribution in [0.1, 0.15) is 5.56 Å². The molecule has 2 rings (SSSR count). The van der Waals surface area contributed by atoms with E-state index in [9.17, 15) is 0 Å². The van der Waals surface area contributed by atoms with E-state index in [4.69, 9.17) is 23.2 Å². The van der Waals surface area contributed by atoms with Crippen molar-refractivity contribution in [1.29, 1.82) is 0 Å². The number of hydrogen-bond acceptors (Lipinski definition) is 2. The van der Waals surface area contributed by atoms with Crippen molar-refractivity contribution in [2.75, 3.05) is 0 Å². The van der Waals surface area contributed by atoms with E-state index in [1.54, 1.807) is 18.5 Å². The Morgan fingerprint density at radius 3 is 2.33 bits per heavy atom. The van der Waals surface area contributed by atoms with Gasteiger partial charge in [0.25, 0.3) is 0 Å². The molecule has 0 spiro atoms. The third-order valence-electron chi connectivity index (χ3n) is 2.01. The molecule has 0 fully saturated rings. The molecule has 0 bridgehead atoms. The standard InChI is InChI=1S/C11H8Cl2N2/c1-7-4-9(13)6-15-11(7)10-3-2-8(12)5-14-10/h2-6H,1H3. The van der Waals surface area contributed by atoms with Crippen LogP contribution in [0.5, 0.6) is 0 Å². The van der Waals surface area contributed by atoms with E-state index in [1.165, 1.54) is 0 Å². The van der Waals surface area contributed by atoms with Crippen molar-refractivity contribution in [1.82, 2.24) is 9.97 Å². The van der Waals surface area contributed by atoms with Crippen molar-refractivity contribution in [3.05, 3.63) is 46.2 Å². The molecule has 0 aromatic carbocycles. The maximum Gasteiger partial charge on any atom is 0.0916 e. The Labute approximate surface area is 97.9 Å². The molecule has 2 aromatic rings. The van der Waals surface area contributed by atoms with E-state index < -0.39 is 0 Å². The minimum Gasteiger partial charge on any atom is -0.253 e. The van der Waals surface area contributed by atoms with Gasteiger partial charge in [0, 0.05) is 12.4 Å². The van der Waals surface area contributed by atoms with Gasteiger partial charge in [0.05, 0.1) is 21.4 Å². The summed E-state index contributed by atoms with van der Waals surface area (Å²) in [5.41, 5.74) is 2.63. The van der Waals surface area contributed by atoms with Crippen molar-refractivity contribution >= 4 is 23.2 Å². The highest BCUT2D eigenvalue weighted by Gasteiger charge is 2.05. The zero-order chi connectivity index (χ0) is 10.8. The molecular weight excluding hydrogens is 231 g/mol. The van der Waals surface area contributed by atoms with E-state index in [1.807, 2.05) is 19.1 Å². The zero-order valence-corrected chi connectivity index (χ0v) is 9.55. The minimum absolute atomic E-state index is 0.616. The quantitative estimate of drug-likeness (QED) is 0.757. The zero-order valence-electron chi connectivity index (χ0n) is 8.04. The summed E-state index contributed by atoms with van der Waals surface area (Å²) in [5, 5.41) is 1.25. The van der Waals surface area contributed by atoms with E-state index in [2.05, 4.69) is 9.97 Å². The molecule has 0 N–H and O–H groups in total. The second-order valence-electron chi connectivity index (χ2n) is 3.18. The molecule has 2 aromatic heterocycles. The van der Waals surface area contributed by atoms with Gasteiger partial charge in [-0.25, -0.2) is 0 Å². The average Bonchev–Trinajstić information content (AvgIpc) is 2.20. The molecule has 76 valence electrons. The van der Waals surface area contributed by atoms with Gasteiger partial charge in [0.1, 0.15) is 0 Å². The number of nitrogens with zero attached hydrogens (tertiary/aromatic N) is 2. The van der Waals surface area contributed by atoms with Crippen molar-refractivity contribution in [3.63, 3.8) is 0 Å². The fraction of sp³-hybridized carbons (Fsp3) is 0.0909. The van der Waals surface area contributed by atoms with Crippen molar-refractivity contribution in [2.45, 2.75) is 6.92 Å². The lowest BCUT2D eigenvalue weighted by atomic mass is 10.1. The molecule has 0 atom stereocenters. The predicted octanol–water partition coefficient (Wildman–Crippen LogP) is 3.76. The Morgan fingerprint density at radius 1 is 1.00 bits per heavy atom. The van der Waals surface area contributed by atoms with Gasteiger partial charge in [-0.05, 0) is 30.7 Å². The van der Waals surface area contributed by atoms with Crippen LogP contribution in [-0.4, -0.2) is 9.97 Å². The van der Waals surface area contributed by atoms with Gasteiger partial charge in [-0.1, -0.05) is 23.2 Å². The number of halogens is 2. The summed E-state index contributed by atoms with van der Waals surface area (Å²) < 4.78 is 0. The van der Waals surface area contributed by atoms with Gasteiger partial charge >= 0.3 is 0 Å². The first kappa shape index (κ1) is 10.4. The maximum absolute atomic E-state index is 5.83. The molecule has 0 radical (unpaired) electrons. The SMILES string of the molecule is Cc1cc(Cl)cnc1-c1ccc(Cl)cn1. The van der Waals surface area contributed by atoms with Gasteiger partial charge in [0.15, 0.2) is 0 Å². The summed E-state index contributed by atoms with van der Waals surface area (Å²) in [5.74, 6) is 0. The van der Waals surface area contributed by atoms with Crippen LogP contribution in [0.4, 0.5) is 0 Å². The largest absolute Gasteiger partial charge is 0.253 e. The summed E-state index contributed by atoms with van der Waals surface area (Å²) in [4.78, 5) is 8.44. The molecule has 0 aliphatic carbocycles. The molecule has 0 amide bonds. The molecule has 0 saturated carbocycles. The van der Waals surface area contributed by atoms with E-state index >= 15 is 0 Å². The second kappa shape index (κ2) is 4.17. The predicted molar refractivity (Wildman–Crippen MR) is 62.2 cm³/mol. The third kappa shape index (κ3) is 2.28. The van der Waals surface area contributed by atoms with Crippen LogP contribution in [0, 0.1) is 6.92 Å². The molecule has 4 heteroatoms. The van der Waals surface area contributed by atoms with Gasteiger partial charge in [0.2, 0.25) is 0 Å². The maximum atomic E-state index is 5.83. The summed E-state index contributed by atoms with van der Waals surface area (Å²) in [6, 6.07) is 5.49. The number of pyridine rings is 2. The van der Waals surface area contributed by atoms with Gasteiger partial charge in [-0.3, -0.25) is 9.97 Å². The fourth-order valence-electron chi connectivity index (χ4n) is 1.32. The van der Waals surface area contributed by atoms with Gasteiger partial charge < -0.3 is 0 Å². The van der Waals surface area contributed by atoms with E-state index in [0.29, 0.717) is 10.0 Å². The van der Waals surface area contributed by atoms with Crippen LogP contribution in [-0.2, 0) is 0 Å². The molecule has 0 aliphatic rings. The van der Waals surface area contributed by atoms with Gasteiger partial charge in [-0.15, -0.1) is 0 Å². The van der Waals surface area contributed by atoms with Crippen LogP contribution in [0.3, 0.4) is 0 Å². The Hall–Kier alpha value is -1.12. The Bertz CT molecular complexity index is 480. The summed E-state index contributed by atoms with van der Waals surface area (Å²) in [6.45, 7) is 1.95. The van der Waals surface area contributed by atoms with Crippen molar-refractivity contribution in [2.24, 2.45) is 0 Å². The lowest BCUT2D eigenvalue weighted by Crippen LogP contribution is -1.90. The molecule has 0 saturated heterocycles. The molecule has 15 heavy (non-hydrogen) atoms. The second-order valence-corrected chi connectivity index (χ2v) is 4.05. The van der Waals surface area contributed by atoms with Gasteiger partial charge in [-0.2, -0.15) is 0 Å². The number of hydrogen-bond donors (Lipinski definition) is 0. The monoisotopic (exact) mass is 238 g/mol. The highest BCUT2D eigenvalue weighted by molar-refractivity contribution is 6.30. The Kier molecular flexibility index (Phi) is 2.89. The lowest BCUT2D eigenvalue weighted by Gasteiger charge is -2.04. The summed E-state index contributed by atoms with van der Waals surface area (Å²) in [7, 11) is 0. The summed E-state index contributed by atoms with van der Waals surface area (Å²) >= 11 is 11.6. The van der Waals surface area contributed by atoms with Crippen LogP contribution in [0.2, 0.25) is 10.0 Å². The first-order valence-electron chi connectivity index (χ1n) is 4.41. The highest BCUT2D eigenvalue weighted by Crippen LogP contribution is 2.22. The van der Waals surface area contributed by atoms with Crippen LogP contribution >= 0.6 is 23.2 Å². The number of aryl methyl sites for hydroxylation is 1. The average molecular weight is 239 g/mol. The Morgan fingerprint density at radius 2 is 1.73 bits per heavy atom. The fourth-order valence-corrected chi connectivity index (χ4v) is 1.65. The topological polar surface area (TPSA) is 25.8 Å². The highest BCUT2D eigenvalue weighted by atomic mass is 35.5. The van der Waals surface area contributed by atoms with Crippen molar-refractivity contribution in [3.8, 4) is 11.4 Å². The van der Waals surface area contributed by atoms with Crippen molar-refractivity contribution < 1.29 is 0 Å². The van der Waals surface area contributed by atoms with Crippen LogP contribution in [0.15, 0.2) is 30.6 Å².